The van der Waals surface area contributed by atoms with Crippen molar-refractivity contribution in [2.75, 3.05) is 28.6 Å². The second kappa shape index (κ2) is 7.45. The van der Waals surface area contributed by atoms with Crippen molar-refractivity contribution in [3.63, 3.8) is 0 Å². The quantitative estimate of drug-likeness (QED) is 0.716. The van der Waals surface area contributed by atoms with Crippen LogP contribution in [-0.2, 0) is 0 Å². The number of rotatable bonds is 5. The molecule has 1 saturated heterocycles. The van der Waals surface area contributed by atoms with Gasteiger partial charge >= 0.3 is 0 Å². The Labute approximate surface area is 156 Å². The number of hydrogen-bond donors (Lipinski definition) is 2. The minimum atomic E-state index is -0.300. The largest absolute Gasteiger partial charge is 0.372 e. The van der Waals surface area contributed by atoms with Crippen molar-refractivity contribution in [3.8, 4) is 0 Å². The standard InChI is InChI=1S/C19H20N6O2/c1-13-10-18(24-27-13)23-17-11-16(20-12-21-17)19(26)22-14-4-6-15(7-5-14)25-8-2-3-9-25/h4-7,10-12H,2-3,8-9H2,1H3,(H,22,26)(H,20,21,23,24). The molecule has 1 aliphatic rings. The molecule has 4 rings (SSSR count). The SMILES string of the molecule is Cc1cc(Nc2cc(C(=O)Nc3ccc(N4CCCC4)cc3)ncn2)no1. The van der Waals surface area contributed by atoms with Gasteiger partial charge in [-0.1, -0.05) is 5.16 Å². The Morgan fingerprint density at radius 3 is 2.56 bits per heavy atom. The Morgan fingerprint density at radius 2 is 1.85 bits per heavy atom. The van der Waals surface area contributed by atoms with E-state index in [2.05, 4.69) is 30.7 Å². The van der Waals surface area contributed by atoms with Crippen LogP contribution in [0.3, 0.4) is 0 Å². The fourth-order valence-electron chi connectivity index (χ4n) is 3.03. The number of aryl methyl sites for hydroxylation is 1. The van der Waals surface area contributed by atoms with Crippen LogP contribution >= 0.6 is 0 Å². The van der Waals surface area contributed by atoms with E-state index in [-0.39, 0.29) is 11.6 Å². The van der Waals surface area contributed by atoms with E-state index in [1.54, 1.807) is 19.1 Å². The number of anilines is 4. The zero-order valence-electron chi connectivity index (χ0n) is 15.0. The monoisotopic (exact) mass is 364 g/mol. The van der Waals surface area contributed by atoms with E-state index in [1.807, 2.05) is 24.3 Å². The average Bonchev–Trinajstić information content (AvgIpc) is 3.35. The van der Waals surface area contributed by atoms with Gasteiger partial charge < -0.3 is 20.1 Å². The van der Waals surface area contributed by atoms with Gasteiger partial charge in [-0.15, -0.1) is 0 Å². The topological polar surface area (TPSA) is 96.2 Å². The van der Waals surface area contributed by atoms with Crippen LogP contribution in [0.15, 0.2) is 47.2 Å². The second-order valence-electron chi connectivity index (χ2n) is 6.43. The van der Waals surface area contributed by atoms with Gasteiger partial charge in [-0.2, -0.15) is 0 Å². The molecule has 3 heterocycles. The molecule has 1 aromatic carbocycles. The van der Waals surface area contributed by atoms with E-state index in [0.717, 1.165) is 18.8 Å². The second-order valence-corrected chi connectivity index (χ2v) is 6.43. The molecule has 1 fully saturated rings. The molecule has 0 aliphatic carbocycles. The lowest BCUT2D eigenvalue weighted by atomic mass is 10.2. The lowest BCUT2D eigenvalue weighted by Crippen LogP contribution is -2.18. The van der Waals surface area contributed by atoms with Crippen LogP contribution in [0.4, 0.5) is 23.0 Å². The van der Waals surface area contributed by atoms with Gasteiger partial charge in [0.1, 0.15) is 23.6 Å². The number of carbonyl (C=O) groups excluding carboxylic acids is 1. The Kier molecular flexibility index (Phi) is 4.69. The molecule has 27 heavy (non-hydrogen) atoms. The van der Waals surface area contributed by atoms with E-state index in [0.29, 0.717) is 17.4 Å². The Morgan fingerprint density at radius 1 is 1.07 bits per heavy atom. The van der Waals surface area contributed by atoms with Crippen molar-refractivity contribution in [3.05, 3.63) is 54.2 Å². The maximum Gasteiger partial charge on any atom is 0.274 e. The van der Waals surface area contributed by atoms with Crippen LogP contribution in [0.2, 0.25) is 0 Å². The first-order valence-electron chi connectivity index (χ1n) is 8.86. The molecule has 8 nitrogen and oxygen atoms in total. The van der Waals surface area contributed by atoms with Gasteiger partial charge in [-0.05, 0) is 44.0 Å². The summed E-state index contributed by atoms with van der Waals surface area (Å²) in [6.45, 7) is 3.98. The van der Waals surface area contributed by atoms with E-state index < -0.39 is 0 Å². The van der Waals surface area contributed by atoms with Crippen molar-refractivity contribution < 1.29 is 9.32 Å². The summed E-state index contributed by atoms with van der Waals surface area (Å²) in [7, 11) is 0. The van der Waals surface area contributed by atoms with E-state index in [9.17, 15) is 4.79 Å². The number of amides is 1. The Balaban J connectivity index is 1.42. The molecule has 0 bridgehead atoms. The van der Waals surface area contributed by atoms with Gasteiger partial charge in [0.15, 0.2) is 5.82 Å². The zero-order chi connectivity index (χ0) is 18.6. The summed E-state index contributed by atoms with van der Waals surface area (Å²) in [6, 6.07) is 11.2. The summed E-state index contributed by atoms with van der Waals surface area (Å²) >= 11 is 0. The fourth-order valence-corrected chi connectivity index (χ4v) is 3.03. The van der Waals surface area contributed by atoms with E-state index >= 15 is 0 Å². The first kappa shape index (κ1) is 17.0. The summed E-state index contributed by atoms with van der Waals surface area (Å²) in [5, 5.41) is 9.69. The predicted molar refractivity (Wildman–Crippen MR) is 102 cm³/mol. The molecule has 1 amide bonds. The molecule has 0 atom stereocenters. The number of nitrogens with zero attached hydrogens (tertiary/aromatic N) is 4. The lowest BCUT2D eigenvalue weighted by molar-refractivity contribution is 0.102. The van der Waals surface area contributed by atoms with Crippen molar-refractivity contribution in [1.29, 1.82) is 0 Å². The highest BCUT2D eigenvalue weighted by atomic mass is 16.5. The van der Waals surface area contributed by atoms with Crippen molar-refractivity contribution in [2.24, 2.45) is 0 Å². The molecule has 138 valence electrons. The molecule has 1 aliphatic heterocycles. The Hall–Kier alpha value is -3.42. The number of carbonyl (C=O) groups is 1. The van der Waals surface area contributed by atoms with Gasteiger partial charge in [0.2, 0.25) is 0 Å². The first-order valence-corrected chi connectivity index (χ1v) is 8.86. The third-order valence-electron chi connectivity index (χ3n) is 4.38. The Bertz CT molecular complexity index is 931. The normalized spacial score (nSPS) is 13.6. The van der Waals surface area contributed by atoms with Crippen LogP contribution in [0, 0.1) is 6.92 Å². The van der Waals surface area contributed by atoms with Gasteiger partial charge in [0.05, 0.1) is 0 Å². The molecule has 0 unspecified atom stereocenters. The van der Waals surface area contributed by atoms with Crippen LogP contribution in [0.1, 0.15) is 29.1 Å². The molecule has 2 N–H and O–H groups in total. The third-order valence-corrected chi connectivity index (χ3v) is 4.38. The minimum Gasteiger partial charge on any atom is -0.372 e. The molecular formula is C19H20N6O2. The molecule has 0 spiro atoms. The average molecular weight is 364 g/mol. The first-order chi connectivity index (χ1) is 13.2. The molecular weight excluding hydrogens is 344 g/mol. The summed E-state index contributed by atoms with van der Waals surface area (Å²) in [6.07, 6.45) is 3.80. The van der Waals surface area contributed by atoms with Gasteiger partial charge in [0, 0.05) is 36.6 Å². The van der Waals surface area contributed by atoms with E-state index in [1.165, 1.54) is 24.9 Å². The fraction of sp³-hybridized carbons (Fsp3) is 0.263. The van der Waals surface area contributed by atoms with Crippen molar-refractivity contribution >= 4 is 28.9 Å². The van der Waals surface area contributed by atoms with E-state index in [4.69, 9.17) is 4.52 Å². The van der Waals surface area contributed by atoms with Crippen LogP contribution in [-0.4, -0.2) is 34.1 Å². The van der Waals surface area contributed by atoms with Crippen molar-refractivity contribution in [1.82, 2.24) is 15.1 Å². The van der Waals surface area contributed by atoms with Crippen LogP contribution < -0.4 is 15.5 Å². The van der Waals surface area contributed by atoms with Crippen molar-refractivity contribution in [2.45, 2.75) is 19.8 Å². The summed E-state index contributed by atoms with van der Waals surface area (Å²) in [5.41, 5.74) is 2.17. The summed E-state index contributed by atoms with van der Waals surface area (Å²) < 4.78 is 5.00. The van der Waals surface area contributed by atoms with Gasteiger partial charge in [-0.3, -0.25) is 4.79 Å². The van der Waals surface area contributed by atoms with Gasteiger partial charge in [-0.25, -0.2) is 9.97 Å². The lowest BCUT2D eigenvalue weighted by Gasteiger charge is -2.17. The summed E-state index contributed by atoms with van der Waals surface area (Å²) in [5.74, 6) is 1.37. The predicted octanol–water partition coefficient (Wildman–Crippen LogP) is 3.37. The number of nitrogens with one attached hydrogen (secondary N) is 2. The van der Waals surface area contributed by atoms with Crippen LogP contribution in [0.5, 0.6) is 0 Å². The molecule has 2 aromatic heterocycles. The molecule has 0 radical (unpaired) electrons. The minimum absolute atomic E-state index is 0.260. The maximum absolute atomic E-state index is 12.5. The number of hydrogen-bond acceptors (Lipinski definition) is 7. The summed E-state index contributed by atoms with van der Waals surface area (Å²) in [4.78, 5) is 23.0. The highest BCUT2D eigenvalue weighted by Crippen LogP contribution is 2.22. The number of aromatic nitrogens is 3. The molecule has 3 aromatic rings. The smallest absolute Gasteiger partial charge is 0.274 e. The molecule has 8 heteroatoms. The third kappa shape index (κ3) is 4.05. The zero-order valence-corrected chi connectivity index (χ0v) is 15.0. The highest BCUT2D eigenvalue weighted by Gasteiger charge is 2.13. The number of benzene rings is 1. The van der Waals surface area contributed by atoms with Gasteiger partial charge in [0.25, 0.3) is 5.91 Å². The van der Waals surface area contributed by atoms with Crippen LogP contribution in [0.25, 0.3) is 0 Å². The highest BCUT2D eigenvalue weighted by molar-refractivity contribution is 6.03. The molecule has 0 saturated carbocycles. The maximum atomic E-state index is 12.5.